The number of pyridine rings is 1. The first kappa shape index (κ1) is 10.2. The van der Waals surface area contributed by atoms with E-state index >= 15 is 0 Å². The number of anilines is 1. The van der Waals surface area contributed by atoms with Crippen molar-refractivity contribution in [1.29, 1.82) is 0 Å². The molecule has 0 bridgehead atoms. The number of nitrogens with one attached hydrogen (secondary N) is 2. The Morgan fingerprint density at radius 1 is 1.60 bits per heavy atom. The standard InChI is InChI=1S/C11H17N3O/c1-15-11-6-2-5-10(14-11)13-8-9-4-3-7-12-9/h2,5-6,9,12H,3-4,7-8H2,1H3,(H,13,14). The molecule has 4 nitrogen and oxygen atoms in total. The second kappa shape index (κ2) is 4.98. The molecule has 2 N–H and O–H groups in total. The van der Waals surface area contributed by atoms with Gasteiger partial charge in [-0.15, -0.1) is 0 Å². The number of aromatic nitrogens is 1. The largest absolute Gasteiger partial charge is 0.481 e. The zero-order chi connectivity index (χ0) is 10.5. The molecule has 4 heteroatoms. The molecule has 2 heterocycles. The lowest BCUT2D eigenvalue weighted by Crippen LogP contribution is -2.29. The molecule has 1 aromatic heterocycles. The van der Waals surface area contributed by atoms with Gasteiger partial charge in [-0.3, -0.25) is 0 Å². The van der Waals surface area contributed by atoms with Gasteiger partial charge in [-0.1, -0.05) is 6.07 Å². The number of rotatable bonds is 4. The van der Waals surface area contributed by atoms with Crippen molar-refractivity contribution >= 4 is 5.82 Å². The fourth-order valence-corrected chi connectivity index (χ4v) is 1.79. The third kappa shape index (κ3) is 2.83. The normalized spacial score (nSPS) is 20.2. The molecule has 0 saturated carbocycles. The van der Waals surface area contributed by atoms with Crippen LogP contribution in [0.4, 0.5) is 5.82 Å². The van der Waals surface area contributed by atoms with Crippen molar-refractivity contribution in [3.8, 4) is 5.88 Å². The minimum absolute atomic E-state index is 0.581. The van der Waals surface area contributed by atoms with Gasteiger partial charge < -0.3 is 15.4 Å². The van der Waals surface area contributed by atoms with Gasteiger partial charge in [-0.25, -0.2) is 0 Å². The van der Waals surface area contributed by atoms with Crippen LogP contribution in [0.1, 0.15) is 12.8 Å². The highest BCUT2D eigenvalue weighted by molar-refractivity contribution is 5.37. The fraction of sp³-hybridized carbons (Fsp3) is 0.545. The zero-order valence-electron chi connectivity index (χ0n) is 8.99. The van der Waals surface area contributed by atoms with Crippen molar-refractivity contribution in [2.75, 3.05) is 25.5 Å². The van der Waals surface area contributed by atoms with Gasteiger partial charge in [0.25, 0.3) is 0 Å². The van der Waals surface area contributed by atoms with Gasteiger partial charge in [0, 0.05) is 18.7 Å². The average molecular weight is 207 g/mol. The second-order valence-electron chi connectivity index (χ2n) is 3.74. The lowest BCUT2D eigenvalue weighted by molar-refractivity contribution is 0.398. The Bertz CT molecular complexity index is 310. The molecule has 0 amide bonds. The van der Waals surface area contributed by atoms with Crippen LogP contribution < -0.4 is 15.4 Å². The molecule has 0 aromatic carbocycles. The third-order valence-corrected chi connectivity index (χ3v) is 2.62. The zero-order valence-corrected chi connectivity index (χ0v) is 8.99. The summed E-state index contributed by atoms with van der Waals surface area (Å²) in [6.45, 7) is 2.07. The Balaban J connectivity index is 1.86. The van der Waals surface area contributed by atoms with Crippen LogP contribution in [0.25, 0.3) is 0 Å². The summed E-state index contributed by atoms with van der Waals surface area (Å²) in [6.07, 6.45) is 2.52. The van der Waals surface area contributed by atoms with Gasteiger partial charge >= 0.3 is 0 Å². The maximum atomic E-state index is 5.06. The van der Waals surface area contributed by atoms with E-state index in [4.69, 9.17) is 4.74 Å². The SMILES string of the molecule is COc1cccc(NCC2CCCN2)n1. The van der Waals surface area contributed by atoms with Crippen LogP contribution in [0.15, 0.2) is 18.2 Å². The first-order chi connectivity index (χ1) is 7.38. The Morgan fingerprint density at radius 2 is 2.53 bits per heavy atom. The van der Waals surface area contributed by atoms with E-state index in [0.29, 0.717) is 11.9 Å². The number of nitrogens with zero attached hydrogens (tertiary/aromatic N) is 1. The minimum atomic E-state index is 0.581. The van der Waals surface area contributed by atoms with Crippen molar-refractivity contribution in [2.24, 2.45) is 0 Å². The maximum absolute atomic E-state index is 5.06. The number of ether oxygens (including phenoxy) is 1. The second-order valence-corrected chi connectivity index (χ2v) is 3.74. The molecule has 1 unspecified atom stereocenters. The fourth-order valence-electron chi connectivity index (χ4n) is 1.79. The van der Waals surface area contributed by atoms with E-state index in [1.807, 2.05) is 18.2 Å². The molecule has 82 valence electrons. The molecule has 0 radical (unpaired) electrons. The number of hydrogen-bond acceptors (Lipinski definition) is 4. The summed E-state index contributed by atoms with van der Waals surface area (Å²) in [5.41, 5.74) is 0. The van der Waals surface area contributed by atoms with Gasteiger partial charge in [-0.05, 0) is 25.5 Å². The van der Waals surface area contributed by atoms with Crippen molar-refractivity contribution in [2.45, 2.75) is 18.9 Å². The number of hydrogen-bond donors (Lipinski definition) is 2. The molecule has 0 spiro atoms. The summed E-state index contributed by atoms with van der Waals surface area (Å²) < 4.78 is 5.06. The van der Waals surface area contributed by atoms with Crippen LogP contribution in [-0.4, -0.2) is 31.2 Å². The van der Waals surface area contributed by atoms with Crippen molar-refractivity contribution in [1.82, 2.24) is 10.3 Å². The van der Waals surface area contributed by atoms with E-state index in [1.165, 1.54) is 12.8 Å². The highest BCUT2D eigenvalue weighted by atomic mass is 16.5. The number of methoxy groups -OCH3 is 1. The summed E-state index contributed by atoms with van der Waals surface area (Å²) >= 11 is 0. The van der Waals surface area contributed by atoms with Gasteiger partial charge in [-0.2, -0.15) is 4.98 Å². The first-order valence-corrected chi connectivity index (χ1v) is 5.37. The molecule has 1 saturated heterocycles. The van der Waals surface area contributed by atoms with Crippen molar-refractivity contribution in [3.63, 3.8) is 0 Å². The van der Waals surface area contributed by atoms with Crippen LogP contribution in [0.3, 0.4) is 0 Å². The minimum Gasteiger partial charge on any atom is -0.481 e. The molecular weight excluding hydrogens is 190 g/mol. The molecule has 1 atom stereocenters. The van der Waals surface area contributed by atoms with Gasteiger partial charge in [0.2, 0.25) is 5.88 Å². The van der Waals surface area contributed by atoms with E-state index < -0.39 is 0 Å². The summed E-state index contributed by atoms with van der Waals surface area (Å²) in [5.74, 6) is 1.53. The van der Waals surface area contributed by atoms with Crippen LogP contribution in [0.5, 0.6) is 5.88 Å². The van der Waals surface area contributed by atoms with E-state index in [9.17, 15) is 0 Å². The van der Waals surface area contributed by atoms with Crippen LogP contribution >= 0.6 is 0 Å². The highest BCUT2D eigenvalue weighted by Crippen LogP contribution is 2.11. The van der Waals surface area contributed by atoms with Crippen LogP contribution in [0.2, 0.25) is 0 Å². The Kier molecular flexibility index (Phi) is 3.40. The lowest BCUT2D eigenvalue weighted by Gasteiger charge is -2.12. The summed E-state index contributed by atoms with van der Waals surface area (Å²) in [5, 5.41) is 6.74. The van der Waals surface area contributed by atoms with Crippen LogP contribution in [0, 0.1) is 0 Å². The predicted octanol–water partition coefficient (Wildman–Crippen LogP) is 1.25. The Hall–Kier alpha value is -1.29. The lowest BCUT2D eigenvalue weighted by atomic mass is 10.2. The quantitative estimate of drug-likeness (QED) is 0.780. The van der Waals surface area contributed by atoms with Gasteiger partial charge in [0.05, 0.1) is 7.11 Å². The van der Waals surface area contributed by atoms with E-state index in [0.717, 1.165) is 18.9 Å². The molecule has 1 aromatic rings. The molecule has 1 fully saturated rings. The summed E-state index contributed by atoms with van der Waals surface area (Å²) in [4.78, 5) is 4.29. The smallest absolute Gasteiger partial charge is 0.214 e. The average Bonchev–Trinajstić information content (AvgIpc) is 2.79. The molecular formula is C11H17N3O. The summed E-state index contributed by atoms with van der Waals surface area (Å²) in [6, 6.07) is 6.32. The van der Waals surface area contributed by atoms with E-state index in [2.05, 4.69) is 15.6 Å². The topological polar surface area (TPSA) is 46.2 Å². The van der Waals surface area contributed by atoms with Crippen molar-refractivity contribution in [3.05, 3.63) is 18.2 Å². The molecule has 2 rings (SSSR count). The predicted molar refractivity (Wildman–Crippen MR) is 60.3 cm³/mol. The highest BCUT2D eigenvalue weighted by Gasteiger charge is 2.13. The third-order valence-electron chi connectivity index (χ3n) is 2.62. The monoisotopic (exact) mass is 207 g/mol. The first-order valence-electron chi connectivity index (χ1n) is 5.37. The maximum Gasteiger partial charge on any atom is 0.214 e. The molecule has 0 aliphatic carbocycles. The summed E-state index contributed by atoms with van der Waals surface area (Å²) in [7, 11) is 1.63. The van der Waals surface area contributed by atoms with Crippen molar-refractivity contribution < 1.29 is 4.74 Å². The van der Waals surface area contributed by atoms with Gasteiger partial charge in [0.15, 0.2) is 0 Å². The Labute approximate surface area is 90.0 Å². The molecule has 1 aliphatic rings. The van der Waals surface area contributed by atoms with E-state index in [1.54, 1.807) is 7.11 Å². The van der Waals surface area contributed by atoms with Gasteiger partial charge in [0.1, 0.15) is 5.82 Å². The molecule has 1 aliphatic heterocycles. The van der Waals surface area contributed by atoms with E-state index in [-0.39, 0.29) is 0 Å². The van der Waals surface area contributed by atoms with Crippen LogP contribution in [-0.2, 0) is 0 Å². The Morgan fingerprint density at radius 3 is 3.27 bits per heavy atom. The molecule has 15 heavy (non-hydrogen) atoms.